The first-order valence-corrected chi connectivity index (χ1v) is 6.38. The summed E-state index contributed by atoms with van der Waals surface area (Å²) in [6, 6.07) is 4.31. The highest BCUT2D eigenvalue weighted by molar-refractivity contribution is 14.1. The van der Waals surface area contributed by atoms with Crippen LogP contribution >= 0.6 is 22.6 Å². The van der Waals surface area contributed by atoms with Gasteiger partial charge in [-0.3, -0.25) is 14.9 Å². The molecule has 1 N–H and O–H groups in total. The number of rotatable bonds is 4. The minimum absolute atomic E-state index is 0.0537. The summed E-state index contributed by atoms with van der Waals surface area (Å²) < 4.78 is 0.724. The van der Waals surface area contributed by atoms with Crippen LogP contribution in [0.15, 0.2) is 18.2 Å². The number of nitro benzene ring substituents is 1. The number of nitro groups is 1. The summed E-state index contributed by atoms with van der Waals surface area (Å²) in [5, 5.41) is 13.4. The van der Waals surface area contributed by atoms with Crippen molar-refractivity contribution in [3.63, 3.8) is 0 Å². The third-order valence-corrected chi connectivity index (χ3v) is 3.59. The molecular weight excluding hydrogens is 335 g/mol. The van der Waals surface area contributed by atoms with Crippen LogP contribution in [0.4, 0.5) is 5.69 Å². The van der Waals surface area contributed by atoms with Crippen LogP contribution < -0.4 is 5.32 Å². The molecule has 2 rings (SSSR count). The lowest BCUT2D eigenvalue weighted by Crippen LogP contribution is -2.26. The third-order valence-electron chi connectivity index (χ3n) is 2.65. The van der Waals surface area contributed by atoms with Gasteiger partial charge in [0.25, 0.3) is 11.6 Å². The van der Waals surface area contributed by atoms with E-state index in [2.05, 4.69) is 5.32 Å². The number of benzene rings is 1. The lowest BCUT2D eigenvalue weighted by molar-refractivity contribution is -0.384. The largest absolute Gasteiger partial charge is 0.352 e. The number of non-ortho nitro benzene ring substituents is 1. The van der Waals surface area contributed by atoms with Crippen LogP contribution in [-0.4, -0.2) is 17.4 Å². The normalized spacial score (nSPS) is 14.4. The molecule has 1 fully saturated rings. The third kappa shape index (κ3) is 3.15. The molecule has 90 valence electrons. The van der Waals surface area contributed by atoms with Crippen molar-refractivity contribution in [1.29, 1.82) is 0 Å². The number of nitrogens with zero attached hydrogens (tertiary/aromatic N) is 1. The second-order valence-electron chi connectivity index (χ2n) is 4.07. The zero-order valence-electron chi connectivity index (χ0n) is 8.98. The molecule has 1 aliphatic carbocycles. The minimum atomic E-state index is -0.492. The van der Waals surface area contributed by atoms with Crippen molar-refractivity contribution in [2.45, 2.75) is 12.8 Å². The standard InChI is InChI=1S/C11H11IN2O3/c12-10-4-3-8(14(16)17)5-9(10)11(15)13-6-7-1-2-7/h3-5,7H,1-2,6H2,(H,13,15). The van der Waals surface area contributed by atoms with Gasteiger partial charge in [0.05, 0.1) is 10.5 Å². The van der Waals surface area contributed by atoms with Gasteiger partial charge in [-0.15, -0.1) is 0 Å². The van der Waals surface area contributed by atoms with Crippen LogP contribution in [0.3, 0.4) is 0 Å². The van der Waals surface area contributed by atoms with Crippen LogP contribution in [-0.2, 0) is 0 Å². The minimum Gasteiger partial charge on any atom is -0.352 e. The first-order chi connectivity index (χ1) is 8.08. The second kappa shape index (κ2) is 4.99. The van der Waals surface area contributed by atoms with Crippen molar-refractivity contribution in [2.75, 3.05) is 6.54 Å². The maximum absolute atomic E-state index is 11.8. The Labute approximate surface area is 112 Å². The highest BCUT2D eigenvalue weighted by atomic mass is 127. The van der Waals surface area contributed by atoms with E-state index < -0.39 is 4.92 Å². The molecule has 1 aromatic rings. The van der Waals surface area contributed by atoms with Gasteiger partial charge >= 0.3 is 0 Å². The topological polar surface area (TPSA) is 72.2 Å². The quantitative estimate of drug-likeness (QED) is 0.517. The molecule has 6 heteroatoms. The van der Waals surface area contributed by atoms with Crippen LogP contribution in [0, 0.1) is 19.6 Å². The van der Waals surface area contributed by atoms with Crippen molar-refractivity contribution in [3.8, 4) is 0 Å². The zero-order valence-corrected chi connectivity index (χ0v) is 11.1. The molecule has 1 saturated carbocycles. The van der Waals surface area contributed by atoms with Crippen molar-refractivity contribution in [2.24, 2.45) is 5.92 Å². The molecule has 0 atom stereocenters. The number of carbonyl (C=O) groups excluding carboxylic acids is 1. The molecule has 0 bridgehead atoms. The SMILES string of the molecule is O=C(NCC1CC1)c1cc([N+](=O)[O-])ccc1I. The first kappa shape index (κ1) is 12.3. The smallest absolute Gasteiger partial charge is 0.270 e. The Morgan fingerprint density at radius 3 is 2.82 bits per heavy atom. The Bertz CT molecular complexity index is 472. The molecule has 0 saturated heterocycles. The molecule has 1 aliphatic rings. The van der Waals surface area contributed by atoms with E-state index >= 15 is 0 Å². The molecule has 5 nitrogen and oxygen atoms in total. The fourth-order valence-electron chi connectivity index (χ4n) is 1.46. The molecule has 0 spiro atoms. The van der Waals surface area contributed by atoms with E-state index in [4.69, 9.17) is 0 Å². The number of amides is 1. The molecule has 17 heavy (non-hydrogen) atoms. The highest BCUT2D eigenvalue weighted by Gasteiger charge is 2.23. The summed E-state index contributed by atoms with van der Waals surface area (Å²) in [6.07, 6.45) is 2.32. The maximum Gasteiger partial charge on any atom is 0.270 e. The number of halogens is 1. The Balaban J connectivity index is 2.13. The highest BCUT2D eigenvalue weighted by Crippen LogP contribution is 2.28. The Morgan fingerprint density at radius 2 is 2.24 bits per heavy atom. The molecule has 1 aromatic carbocycles. The maximum atomic E-state index is 11.8. The van der Waals surface area contributed by atoms with Gasteiger partial charge in [-0.2, -0.15) is 0 Å². The van der Waals surface area contributed by atoms with Gasteiger partial charge in [-0.05, 0) is 47.4 Å². The first-order valence-electron chi connectivity index (χ1n) is 5.30. The van der Waals surface area contributed by atoms with Crippen LogP contribution in [0.5, 0.6) is 0 Å². The van der Waals surface area contributed by atoms with Crippen molar-refractivity contribution in [3.05, 3.63) is 37.4 Å². The summed E-state index contributed by atoms with van der Waals surface area (Å²) in [7, 11) is 0. The van der Waals surface area contributed by atoms with Crippen molar-refractivity contribution >= 4 is 34.2 Å². The fourth-order valence-corrected chi connectivity index (χ4v) is 2.04. The van der Waals surface area contributed by atoms with E-state index in [1.54, 1.807) is 6.07 Å². The molecule has 0 aliphatic heterocycles. The fraction of sp³-hybridized carbons (Fsp3) is 0.364. The number of carbonyl (C=O) groups is 1. The van der Waals surface area contributed by atoms with Gasteiger partial charge in [0, 0.05) is 22.2 Å². The van der Waals surface area contributed by atoms with E-state index in [1.807, 2.05) is 22.6 Å². The van der Waals surface area contributed by atoms with Crippen LogP contribution in [0.1, 0.15) is 23.2 Å². The van der Waals surface area contributed by atoms with E-state index in [-0.39, 0.29) is 11.6 Å². The van der Waals surface area contributed by atoms with Gasteiger partial charge in [0.15, 0.2) is 0 Å². The summed E-state index contributed by atoms with van der Waals surface area (Å²) >= 11 is 2.00. The van der Waals surface area contributed by atoms with Gasteiger partial charge in [0.1, 0.15) is 0 Å². The van der Waals surface area contributed by atoms with Gasteiger partial charge in [-0.25, -0.2) is 0 Å². The number of hydrogen-bond acceptors (Lipinski definition) is 3. The molecule has 0 heterocycles. The molecule has 0 unspecified atom stereocenters. The lowest BCUT2D eigenvalue weighted by atomic mass is 10.2. The summed E-state index contributed by atoms with van der Waals surface area (Å²) in [6.45, 7) is 0.664. The van der Waals surface area contributed by atoms with Crippen LogP contribution in [0.25, 0.3) is 0 Å². The molecular formula is C11H11IN2O3. The van der Waals surface area contributed by atoms with E-state index in [9.17, 15) is 14.9 Å². The van der Waals surface area contributed by atoms with Gasteiger partial charge < -0.3 is 5.32 Å². The molecule has 1 amide bonds. The Kier molecular flexibility index (Phi) is 3.60. The second-order valence-corrected chi connectivity index (χ2v) is 5.24. The van der Waals surface area contributed by atoms with Crippen molar-refractivity contribution < 1.29 is 9.72 Å². The summed E-state index contributed by atoms with van der Waals surface area (Å²) in [5.74, 6) is 0.361. The van der Waals surface area contributed by atoms with E-state index in [1.165, 1.54) is 12.1 Å². The van der Waals surface area contributed by atoms with Crippen molar-refractivity contribution in [1.82, 2.24) is 5.32 Å². The predicted molar refractivity (Wildman–Crippen MR) is 70.9 cm³/mol. The molecule has 0 aromatic heterocycles. The lowest BCUT2D eigenvalue weighted by Gasteiger charge is -2.05. The monoisotopic (exact) mass is 346 g/mol. The van der Waals surface area contributed by atoms with E-state index in [0.717, 1.165) is 16.4 Å². The van der Waals surface area contributed by atoms with Crippen LogP contribution in [0.2, 0.25) is 0 Å². The zero-order chi connectivity index (χ0) is 12.4. The number of hydrogen-bond donors (Lipinski definition) is 1. The molecule has 0 radical (unpaired) electrons. The Morgan fingerprint density at radius 1 is 1.53 bits per heavy atom. The van der Waals surface area contributed by atoms with E-state index in [0.29, 0.717) is 18.0 Å². The Hall–Kier alpha value is -1.18. The summed E-state index contributed by atoms with van der Waals surface area (Å²) in [5.41, 5.74) is 0.322. The summed E-state index contributed by atoms with van der Waals surface area (Å²) in [4.78, 5) is 22.0. The van der Waals surface area contributed by atoms with Gasteiger partial charge in [-0.1, -0.05) is 0 Å². The average molecular weight is 346 g/mol. The average Bonchev–Trinajstić information content (AvgIpc) is 3.10. The predicted octanol–water partition coefficient (Wildman–Crippen LogP) is 2.34. The van der Waals surface area contributed by atoms with Gasteiger partial charge in [0.2, 0.25) is 0 Å². The number of nitrogens with one attached hydrogen (secondary N) is 1.